The van der Waals surface area contributed by atoms with Crippen molar-refractivity contribution in [2.75, 3.05) is 6.26 Å². The molecule has 0 radical (unpaired) electrons. The van der Waals surface area contributed by atoms with E-state index in [9.17, 15) is 13.2 Å². The minimum atomic E-state index is -3.49. The van der Waals surface area contributed by atoms with Crippen LogP contribution in [0.25, 0.3) is 0 Å². The molecule has 0 saturated heterocycles. The predicted molar refractivity (Wildman–Crippen MR) is 65.8 cm³/mol. The Morgan fingerprint density at radius 3 is 2.58 bits per heavy atom. The standard InChI is InChI=1S/C11H17N3O4S/c1-19(16,17)11-14-13-9(18-11)7-12-10(15)8-5-3-2-4-6-8/h8H,2-7H2,1H3,(H,12,15). The predicted octanol–water partition coefficient (Wildman–Crippen LogP) is 0.670. The van der Waals surface area contributed by atoms with Crippen molar-refractivity contribution in [2.45, 2.75) is 43.9 Å². The molecule has 7 nitrogen and oxygen atoms in total. The fraction of sp³-hybridized carbons (Fsp3) is 0.727. The van der Waals surface area contributed by atoms with E-state index >= 15 is 0 Å². The molecule has 1 amide bonds. The van der Waals surface area contributed by atoms with E-state index in [1.807, 2.05) is 0 Å². The summed E-state index contributed by atoms with van der Waals surface area (Å²) in [6.45, 7) is 0.0673. The summed E-state index contributed by atoms with van der Waals surface area (Å²) in [6.07, 6.45) is 6.15. The first-order valence-electron chi connectivity index (χ1n) is 6.27. The normalized spacial score (nSPS) is 17.3. The highest BCUT2D eigenvalue weighted by molar-refractivity contribution is 7.90. The molecule has 1 aromatic rings. The van der Waals surface area contributed by atoms with Crippen LogP contribution in [0.5, 0.6) is 0 Å². The first-order valence-corrected chi connectivity index (χ1v) is 8.16. The van der Waals surface area contributed by atoms with Crippen LogP contribution >= 0.6 is 0 Å². The zero-order valence-electron chi connectivity index (χ0n) is 10.8. The molecule has 1 aromatic heterocycles. The lowest BCUT2D eigenvalue weighted by molar-refractivity contribution is -0.126. The summed E-state index contributed by atoms with van der Waals surface area (Å²) >= 11 is 0. The lowest BCUT2D eigenvalue weighted by Crippen LogP contribution is -2.31. The molecule has 1 fully saturated rings. The number of nitrogens with one attached hydrogen (secondary N) is 1. The third kappa shape index (κ3) is 3.76. The van der Waals surface area contributed by atoms with Gasteiger partial charge in [0.2, 0.25) is 21.6 Å². The van der Waals surface area contributed by atoms with Crippen LogP contribution in [0.4, 0.5) is 0 Å². The van der Waals surface area contributed by atoms with E-state index in [4.69, 9.17) is 4.42 Å². The molecule has 0 atom stereocenters. The van der Waals surface area contributed by atoms with Crippen molar-refractivity contribution in [1.29, 1.82) is 0 Å². The van der Waals surface area contributed by atoms with E-state index in [-0.39, 0.29) is 24.3 Å². The van der Waals surface area contributed by atoms with Gasteiger partial charge in [0.1, 0.15) is 0 Å². The maximum atomic E-state index is 11.9. The molecule has 1 N–H and O–H groups in total. The van der Waals surface area contributed by atoms with Crippen molar-refractivity contribution in [3.63, 3.8) is 0 Å². The zero-order valence-corrected chi connectivity index (χ0v) is 11.6. The third-order valence-electron chi connectivity index (χ3n) is 3.16. The fourth-order valence-corrected chi connectivity index (χ4v) is 2.57. The summed E-state index contributed by atoms with van der Waals surface area (Å²) in [5, 5.41) is 9.29. The molecule has 1 saturated carbocycles. The van der Waals surface area contributed by atoms with Gasteiger partial charge >= 0.3 is 5.22 Å². The van der Waals surface area contributed by atoms with E-state index in [0.717, 1.165) is 31.9 Å². The number of carbonyl (C=O) groups excluding carboxylic acids is 1. The van der Waals surface area contributed by atoms with Gasteiger partial charge in [-0.05, 0) is 12.8 Å². The lowest BCUT2D eigenvalue weighted by atomic mass is 9.89. The van der Waals surface area contributed by atoms with Gasteiger partial charge in [-0.25, -0.2) is 8.42 Å². The first kappa shape index (κ1) is 14.0. The van der Waals surface area contributed by atoms with Crippen molar-refractivity contribution < 1.29 is 17.6 Å². The molecule has 2 rings (SSSR count). The number of nitrogens with zero attached hydrogens (tertiary/aromatic N) is 2. The van der Waals surface area contributed by atoms with Crippen LogP contribution in [-0.4, -0.2) is 30.8 Å². The maximum absolute atomic E-state index is 11.9. The summed E-state index contributed by atoms with van der Waals surface area (Å²) in [5.41, 5.74) is 0. The van der Waals surface area contributed by atoms with Crippen molar-refractivity contribution in [3.05, 3.63) is 5.89 Å². The molecule has 0 spiro atoms. The second-order valence-electron chi connectivity index (χ2n) is 4.79. The van der Waals surface area contributed by atoms with Crippen LogP contribution in [0, 0.1) is 5.92 Å². The number of aromatic nitrogens is 2. The van der Waals surface area contributed by atoms with Crippen LogP contribution in [0.1, 0.15) is 38.0 Å². The highest BCUT2D eigenvalue weighted by Crippen LogP contribution is 2.23. The molecular weight excluding hydrogens is 270 g/mol. The first-order chi connectivity index (χ1) is 8.97. The summed E-state index contributed by atoms with van der Waals surface area (Å²) in [6, 6.07) is 0. The number of rotatable bonds is 4. The number of carbonyl (C=O) groups is 1. The Bertz CT molecular complexity index is 546. The number of sulfone groups is 1. The van der Waals surface area contributed by atoms with Gasteiger partial charge in [0.05, 0.1) is 6.54 Å². The molecular formula is C11H17N3O4S. The minimum Gasteiger partial charge on any atom is -0.411 e. The van der Waals surface area contributed by atoms with Crippen LogP contribution < -0.4 is 5.32 Å². The fourth-order valence-electron chi connectivity index (χ4n) is 2.13. The number of hydrogen-bond donors (Lipinski definition) is 1. The second kappa shape index (κ2) is 5.68. The number of amides is 1. The Labute approximate surface area is 111 Å². The quantitative estimate of drug-likeness (QED) is 0.873. The Morgan fingerprint density at radius 2 is 2.00 bits per heavy atom. The van der Waals surface area contributed by atoms with Crippen molar-refractivity contribution in [3.8, 4) is 0 Å². The smallest absolute Gasteiger partial charge is 0.335 e. The van der Waals surface area contributed by atoms with Crippen LogP contribution in [0.3, 0.4) is 0 Å². The van der Waals surface area contributed by atoms with Crippen LogP contribution in [0.15, 0.2) is 9.64 Å². The molecule has 1 aliphatic carbocycles. The topological polar surface area (TPSA) is 102 Å². The second-order valence-corrected chi connectivity index (χ2v) is 6.68. The summed E-state index contributed by atoms with van der Waals surface area (Å²) in [7, 11) is -3.49. The van der Waals surface area contributed by atoms with E-state index < -0.39 is 15.1 Å². The molecule has 19 heavy (non-hydrogen) atoms. The van der Waals surface area contributed by atoms with Gasteiger partial charge < -0.3 is 9.73 Å². The van der Waals surface area contributed by atoms with E-state index in [0.29, 0.717) is 0 Å². The molecule has 0 unspecified atom stereocenters. The van der Waals surface area contributed by atoms with Gasteiger partial charge in [-0.3, -0.25) is 4.79 Å². The summed E-state index contributed by atoms with van der Waals surface area (Å²) in [4.78, 5) is 11.9. The monoisotopic (exact) mass is 287 g/mol. The third-order valence-corrected chi connectivity index (χ3v) is 3.95. The molecule has 0 aromatic carbocycles. The van der Waals surface area contributed by atoms with Crippen molar-refractivity contribution >= 4 is 15.7 Å². The van der Waals surface area contributed by atoms with Gasteiger partial charge in [0.25, 0.3) is 0 Å². The molecule has 106 valence electrons. The number of hydrogen-bond acceptors (Lipinski definition) is 6. The zero-order chi connectivity index (χ0) is 13.9. The van der Waals surface area contributed by atoms with Gasteiger partial charge in [-0.15, -0.1) is 5.10 Å². The molecule has 1 heterocycles. The van der Waals surface area contributed by atoms with Crippen molar-refractivity contribution in [2.24, 2.45) is 5.92 Å². The molecule has 8 heteroatoms. The molecule has 1 aliphatic rings. The SMILES string of the molecule is CS(=O)(=O)c1nnc(CNC(=O)C2CCCCC2)o1. The van der Waals surface area contributed by atoms with E-state index in [2.05, 4.69) is 15.5 Å². The highest BCUT2D eigenvalue weighted by Gasteiger charge is 2.22. The molecule has 0 aliphatic heterocycles. The summed E-state index contributed by atoms with van der Waals surface area (Å²) in [5.74, 6) is 0.120. The van der Waals surface area contributed by atoms with E-state index in [1.165, 1.54) is 6.42 Å². The van der Waals surface area contributed by atoms with Gasteiger partial charge in [0.15, 0.2) is 0 Å². The maximum Gasteiger partial charge on any atom is 0.335 e. The summed E-state index contributed by atoms with van der Waals surface area (Å²) < 4.78 is 27.3. The Hall–Kier alpha value is -1.44. The lowest BCUT2D eigenvalue weighted by Gasteiger charge is -2.20. The minimum absolute atomic E-state index is 0.0289. The van der Waals surface area contributed by atoms with Crippen LogP contribution in [-0.2, 0) is 21.2 Å². The average molecular weight is 287 g/mol. The Balaban J connectivity index is 1.88. The van der Waals surface area contributed by atoms with Crippen LogP contribution in [0.2, 0.25) is 0 Å². The van der Waals surface area contributed by atoms with E-state index in [1.54, 1.807) is 0 Å². The Kier molecular flexibility index (Phi) is 4.18. The molecule has 0 bridgehead atoms. The largest absolute Gasteiger partial charge is 0.411 e. The Morgan fingerprint density at radius 1 is 1.32 bits per heavy atom. The van der Waals surface area contributed by atoms with Gasteiger partial charge in [-0.1, -0.05) is 24.4 Å². The van der Waals surface area contributed by atoms with Gasteiger partial charge in [0, 0.05) is 12.2 Å². The van der Waals surface area contributed by atoms with Crippen molar-refractivity contribution in [1.82, 2.24) is 15.5 Å². The average Bonchev–Trinajstić information content (AvgIpc) is 2.86. The van der Waals surface area contributed by atoms with Gasteiger partial charge in [-0.2, -0.15) is 0 Å². The highest BCUT2D eigenvalue weighted by atomic mass is 32.2.